The smallest absolute Gasteiger partial charge is 0.252 e. The molecular weight excluding hydrogens is 390 g/mol. The monoisotopic (exact) mass is 415 g/mol. The second kappa shape index (κ2) is 9.02. The summed E-state index contributed by atoms with van der Waals surface area (Å²) in [6, 6.07) is 0.851. The lowest BCUT2D eigenvalue weighted by molar-refractivity contribution is -0.697. The molecule has 0 spiro atoms. The molecule has 30 heavy (non-hydrogen) atoms. The predicted molar refractivity (Wildman–Crippen MR) is 102 cm³/mol. The van der Waals surface area contributed by atoms with Gasteiger partial charge in [-0.3, -0.25) is 19.2 Å². The molecule has 160 valence electrons. The van der Waals surface area contributed by atoms with Crippen molar-refractivity contribution in [1.29, 1.82) is 5.41 Å². The summed E-state index contributed by atoms with van der Waals surface area (Å²) in [6.07, 6.45) is 4.94. The molecule has 1 aromatic heterocycles. The van der Waals surface area contributed by atoms with Crippen LogP contribution < -0.4 is 20.3 Å². The maximum atomic E-state index is 13.3. The number of aromatic nitrogens is 1. The molecule has 0 radical (unpaired) electrons. The van der Waals surface area contributed by atoms with E-state index >= 15 is 0 Å². The van der Waals surface area contributed by atoms with E-state index in [0.29, 0.717) is 25.8 Å². The molecule has 0 aromatic carbocycles. The van der Waals surface area contributed by atoms with Gasteiger partial charge in [-0.2, -0.15) is 0 Å². The van der Waals surface area contributed by atoms with Gasteiger partial charge in [-0.05, 0) is 38.2 Å². The van der Waals surface area contributed by atoms with Crippen molar-refractivity contribution < 1.29 is 28.9 Å². The summed E-state index contributed by atoms with van der Waals surface area (Å²) in [4.78, 5) is 50.8. The van der Waals surface area contributed by atoms with Crippen LogP contribution in [0.2, 0.25) is 0 Å². The van der Waals surface area contributed by atoms with E-state index in [9.17, 15) is 24.3 Å². The van der Waals surface area contributed by atoms with Crippen molar-refractivity contribution in [2.24, 2.45) is 0 Å². The zero-order valence-corrected chi connectivity index (χ0v) is 16.7. The van der Waals surface area contributed by atoms with Gasteiger partial charge in [0, 0.05) is 24.6 Å². The van der Waals surface area contributed by atoms with Crippen LogP contribution in [0.25, 0.3) is 0 Å². The number of ketones is 1. The average Bonchev–Trinajstić information content (AvgIpc) is 3.36. The molecule has 1 aromatic rings. The van der Waals surface area contributed by atoms with Crippen LogP contribution in [0.15, 0.2) is 24.5 Å². The third-order valence-corrected chi connectivity index (χ3v) is 5.45. The highest BCUT2D eigenvalue weighted by atomic mass is 16.3. The minimum absolute atomic E-state index is 0.0213. The first-order valence-corrected chi connectivity index (χ1v) is 9.92. The molecule has 2 saturated heterocycles. The van der Waals surface area contributed by atoms with Gasteiger partial charge in [0.1, 0.15) is 6.04 Å². The van der Waals surface area contributed by atoms with E-state index in [1.165, 1.54) is 24.1 Å². The Hall–Kier alpha value is -3.30. The lowest BCUT2D eigenvalue weighted by atomic mass is 10.1. The van der Waals surface area contributed by atoms with E-state index in [2.05, 4.69) is 10.6 Å². The molecule has 10 heteroatoms. The number of carbonyl (C=O) groups is 4. The van der Waals surface area contributed by atoms with Gasteiger partial charge in [-0.1, -0.05) is 0 Å². The molecule has 2 fully saturated rings. The van der Waals surface area contributed by atoms with Crippen molar-refractivity contribution in [2.45, 2.75) is 57.3 Å². The molecule has 3 amide bonds. The van der Waals surface area contributed by atoms with Crippen LogP contribution >= 0.6 is 0 Å². The number of rotatable bonds is 7. The summed E-state index contributed by atoms with van der Waals surface area (Å²) in [5.41, 5.74) is 0.154. The van der Waals surface area contributed by atoms with Gasteiger partial charge in [-0.15, -0.1) is 0 Å². The van der Waals surface area contributed by atoms with Crippen molar-refractivity contribution in [3.63, 3.8) is 0 Å². The summed E-state index contributed by atoms with van der Waals surface area (Å²) < 4.78 is 1.55. The highest BCUT2D eigenvalue weighted by Gasteiger charge is 2.39. The zero-order chi connectivity index (χ0) is 21.8. The summed E-state index contributed by atoms with van der Waals surface area (Å²) >= 11 is 0. The average molecular weight is 415 g/mol. The van der Waals surface area contributed by atoms with E-state index in [1.54, 1.807) is 16.8 Å². The molecule has 0 bridgehead atoms. The van der Waals surface area contributed by atoms with E-state index in [4.69, 9.17) is 5.41 Å². The van der Waals surface area contributed by atoms with E-state index in [-0.39, 0.29) is 36.1 Å². The second-order valence-corrected chi connectivity index (χ2v) is 7.64. The van der Waals surface area contributed by atoms with Crippen LogP contribution in [0.4, 0.5) is 0 Å². The first kappa shape index (κ1) is 21.4. The molecule has 2 aliphatic heterocycles. The Kier molecular flexibility index (Phi) is 6.43. The first-order chi connectivity index (χ1) is 14.3. The molecule has 0 aliphatic carbocycles. The Morgan fingerprint density at radius 2 is 2.17 bits per heavy atom. The van der Waals surface area contributed by atoms with Crippen molar-refractivity contribution in [3.8, 4) is 0 Å². The summed E-state index contributed by atoms with van der Waals surface area (Å²) in [7, 11) is 0. The number of pyridine rings is 1. The van der Waals surface area contributed by atoms with Crippen molar-refractivity contribution in [2.75, 3.05) is 6.54 Å². The Balaban J connectivity index is 1.82. The molecule has 3 unspecified atom stereocenters. The summed E-state index contributed by atoms with van der Waals surface area (Å²) in [5, 5.41) is 23.9. The minimum Gasteiger partial charge on any atom is -0.859 e. The second-order valence-electron chi connectivity index (χ2n) is 7.64. The van der Waals surface area contributed by atoms with Crippen LogP contribution in [0.1, 0.15) is 38.2 Å². The van der Waals surface area contributed by atoms with Gasteiger partial charge in [0.15, 0.2) is 30.8 Å². The van der Waals surface area contributed by atoms with Gasteiger partial charge in [0.2, 0.25) is 11.8 Å². The van der Waals surface area contributed by atoms with E-state index < -0.39 is 29.9 Å². The maximum absolute atomic E-state index is 13.3. The number of nitrogens with zero attached hydrogens (tertiary/aromatic N) is 2. The predicted octanol–water partition coefficient (Wildman–Crippen LogP) is -2.00. The molecule has 3 atom stereocenters. The Labute approximate surface area is 173 Å². The molecule has 2 aliphatic rings. The van der Waals surface area contributed by atoms with Crippen LogP contribution in [0.3, 0.4) is 0 Å². The van der Waals surface area contributed by atoms with Crippen LogP contribution in [-0.2, 0) is 25.7 Å². The minimum atomic E-state index is -0.990. The normalized spacial score (nSPS) is 21.8. The van der Waals surface area contributed by atoms with Gasteiger partial charge >= 0.3 is 0 Å². The van der Waals surface area contributed by atoms with Crippen LogP contribution in [-0.4, -0.2) is 59.0 Å². The summed E-state index contributed by atoms with van der Waals surface area (Å²) in [6.45, 7) is 1.88. The van der Waals surface area contributed by atoms with Gasteiger partial charge < -0.3 is 26.0 Å². The molecule has 0 saturated carbocycles. The number of Topliss-reactive ketones (excluding diaryl/α,β-unsaturated/α-hetero) is 1. The maximum Gasteiger partial charge on any atom is 0.252 e. The van der Waals surface area contributed by atoms with E-state index in [0.717, 1.165) is 0 Å². The number of hydrogen-bond donors (Lipinski definition) is 3. The van der Waals surface area contributed by atoms with Gasteiger partial charge in [-0.25, -0.2) is 4.57 Å². The van der Waals surface area contributed by atoms with Crippen molar-refractivity contribution in [3.05, 3.63) is 30.1 Å². The summed E-state index contributed by atoms with van der Waals surface area (Å²) in [5.74, 6) is -2.04. The highest BCUT2D eigenvalue weighted by Crippen LogP contribution is 2.19. The number of hydrogen-bond acceptors (Lipinski definition) is 6. The fourth-order valence-corrected chi connectivity index (χ4v) is 3.90. The topological polar surface area (TPSA) is 146 Å². The molecule has 3 heterocycles. The SMILES string of the molecule is CC(=O)C1CCCN1C(=O)C(C[n+]1cccc(C(=N)[O-])c1)NC(=O)C1CCC(=O)N1. The Bertz CT molecular complexity index is 886. The standard InChI is InChI=1S/C20H25N5O5/c1-12(26)16-5-3-9-25(16)20(30)15(23-19(29)14-6-7-17(27)22-14)11-24-8-2-4-13(10-24)18(21)28/h2,4,8,10,14-16H,3,5-7,9,11H2,1H3,(H3-,21,22,23,27,28,29). The van der Waals surface area contributed by atoms with E-state index in [1.807, 2.05) is 0 Å². The number of carbonyl (C=O) groups excluding carboxylic acids is 4. The quantitative estimate of drug-likeness (QED) is 0.268. The third kappa shape index (κ3) is 4.81. The van der Waals surface area contributed by atoms with Crippen LogP contribution in [0.5, 0.6) is 0 Å². The number of likely N-dealkylation sites (tertiary alicyclic amines) is 1. The molecule has 3 N–H and O–H groups in total. The third-order valence-electron chi connectivity index (χ3n) is 5.45. The van der Waals surface area contributed by atoms with Crippen molar-refractivity contribution >= 4 is 29.4 Å². The molecule has 10 nitrogen and oxygen atoms in total. The largest absolute Gasteiger partial charge is 0.859 e. The fraction of sp³-hybridized carbons (Fsp3) is 0.500. The number of nitrogens with one attached hydrogen (secondary N) is 3. The number of amides is 3. The van der Waals surface area contributed by atoms with Crippen LogP contribution in [0, 0.1) is 5.41 Å². The highest BCUT2D eigenvalue weighted by molar-refractivity contribution is 5.95. The zero-order valence-electron chi connectivity index (χ0n) is 16.7. The molecular formula is C20H25N5O5. The first-order valence-electron chi connectivity index (χ1n) is 9.92. The lowest BCUT2D eigenvalue weighted by Gasteiger charge is -2.27. The van der Waals surface area contributed by atoms with Crippen molar-refractivity contribution in [1.82, 2.24) is 15.5 Å². The Morgan fingerprint density at radius 1 is 1.40 bits per heavy atom. The van der Waals surface area contributed by atoms with Gasteiger partial charge in [0.05, 0.1) is 6.04 Å². The fourth-order valence-electron chi connectivity index (χ4n) is 3.90. The van der Waals surface area contributed by atoms with Gasteiger partial charge in [0.25, 0.3) is 5.91 Å². The molecule has 3 rings (SSSR count). The Morgan fingerprint density at radius 3 is 2.80 bits per heavy atom. The lowest BCUT2D eigenvalue weighted by Crippen LogP contribution is -2.59.